The normalized spacial score (nSPS) is 12.4. The Balaban J connectivity index is 2.45. The van der Waals surface area contributed by atoms with Crippen LogP contribution in [0.1, 0.15) is 17.3 Å². The number of pyridine rings is 2. The molecular formula is C12H10Cl2FN3. The zero-order chi connectivity index (χ0) is 13.1. The fourth-order valence-electron chi connectivity index (χ4n) is 1.68. The molecule has 0 aliphatic rings. The quantitative estimate of drug-likeness (QED) is 0.941. The van der Waals surface area contributed by atoms with Gasteiger partial charge in [0.25, 0.3) is 0 Å². The van der Waals surface area contributed by atoms with Gasteiger partial charge in [-0.15, -0.1) is 0 Å². The predicted molar refractivity (Wildman–Crippen MR) is 69.4 cm³/mol. The van der Waals surface area contributed by atoms with Crippen LogP contribution in [-0.2, 0) is 0 Å². The van der Waals surface area contributed by atoms with E-state index in [1.54, 1.807) is 19.3 Å². The van der Waals surface area contributed by atoms with E-state index in [1.165, 1.54) is 12.3 Å². The van der Waals surface area contributed by atoms with Gasteiger partial charge in [-0.2, -0.15) is 0 Å². The van der Waals surface area contributed by atoms with Gasteiger partial charge in [0.15, 0.2) is 0 Å². The van der Waals surface area contributed by atoms with E-state index in [2.05, 4.69) is 15.3 Å². The third-order valence-corrected chi connectivity index (χ3v) is 2.97. The molecule has 1 unspecified atom stereocenters. The third-order valence-electron chi connectivity index (χ3n) is 2.46. The zero-order valence-electron chi connectivity index (χ0n) is 9.49. The van der Waals surface area contributed by atoms with Gasteiger partial charge in [-0.1, -0.05) is 23.2 Å². The van der Waals surface area contributed by atoms with E-state index in [0.29, 0.717) is 21.3 Å². The van der Waals surface area contributed by atoms with Gasteiger partial charge >= 0.3 is 0 Å². The summed E-state index contributed by atoms with van der Waals surface area (Å²) in [6, 6.07) is 2.65. The summed E-state index contributed by atoms with van der Waals surface area (Å²) in [4.78, 5) is 7.99. The molecule has 0 saturated heterocycles. The Labute approximate surface area is 114 Å². The molecule has 2 rings (SSSR count). The van der Waals surface area contributed by atoms with Crippen LogP contribution in [0.25, 0.3) is 0 Å². The maximum atomic E-state index is 13.2. The monoisotopic (exact) mass is 285 g/mol. The summed E-state index contributed by atoms with van der Waals surface area (Å²) in [5.41, 5.74) is 1.23. The molecule has 2 aromatic rings. The molecule has 0 aromatic carbocycles. The van der Waals surface area contributed by atoms with Gasteiger partial charge in [0.1, 0.15) is 5.82 Å². The Morgan fingerprint density at radius 3 is 2.61 bits per heavy atom. The Kier molecular flexibility index (Phi) is 4.11. The van der Waals surface area contributed by atoms with Crippen molar-refractivity contribution in [2.75, 3.05) is 7.05 Å². The number of hydrogen-bond acceptors (Lipinski definition) is 3. The summed E-state index contributed by atoms with van der Waals surface area (Å²) >= 11 is 11.9. The molecule has 94 valence electrons. The Morgan fingerprint density at radius 2 is 2.00 bits per heavy atom. The highest BCUT2D eigenvalue weighted by molar-refractivity contribution is 6.34. The second-order valence-corrected chi connectivity index (χ2v) is 4.52. The van der Waals surface area contributed by atoms with E-state index < -0.39 is 5.82 Å². The first kappa shape index (κ1) is 13.2. The van der Waals surface area contributed by atoms with Gasteiger partial charge in [-0.3, -0.25) is 9.97 Å². The van der Waals surface area contributed by atoms with Crippen LogP contribution in [0.4, 0.5) is 4.39 Å². The van der Waals surface area contributed by atoms with E-state index in [9.17, 15) is 4.39 Å². The smallest absolute Gasteiger partial charge is 0.141 e. The van der Waals surface area contributed by atoms with E-state index in [1.807, 2.05) is 0 Å². The van der Waals surface area contributed by atoms with Crippen molar-refractivity contribution in [2.24, 2.45) is 0 Å². The molecule has 0 bridgehead atoms. The summed E-state index contributed by atoms with van der Waals surface area (Å²) in [5.74, 6) is -0.405. The highest BCUT2D eigenvalue weighted by Gasteiger charge is 2.17. The molecule has 0 radical (unpaired) electrons. The number of nitrogens with one attached hydrogen (secondary N) is 1. The minimum Gasteiger partial charge on any atom is -0.308 e. The maximum Gasteiger partial charge on any atom is 0.141 e. The Hall–Kier alpha value is -1.23. The van der Waals surface area contributed by atoms with Crippen molar-refractivity contribution < 1.29 is 4.39 Å². The molecule has 2 heterocycles. The molecule has 0 saturated carbocycles. The molecule has 0 spiro atoms. The van der Waals surface area contributed by atoms with Crippen molar-refractivity contribution in [1.29, 1.82) is 0 Å². The lowest BCUT2D eigenvalue weighted by Crippen LogP contribution is -2.19. The topological polar surface area (TPSA) is 37.8 Å². The van der Waals surface area contributed by atoms with Crippen LogP contribution >= 0.6 is 23.2 Å². The number of nitrogens with zero attached hydrogens (tertiary/aromatic N) is 2. The molecule has 0 amide bonds. The summed E-state index contributed by atoms with van der Waals surface area (Å²) in [5, 5.41) is 3.90. The van der Waals surface area contributed by atoms with Gasteiger partial charge in [0, 0.05) is 12.4 Å². The van der Waals surface area contributed by atoms with Gasteiger partial charge in [0.05, 0.1) is 28.0 Å². The van der Waals surface area contributed by atoms with Crippen molar-refractivity contribution in [1.82, 2.24) is 15.3 Å². The molecule has 0 aliphatic carbocycles. The summed E-state index contributed by atoms with van der Waals surface area (Å²) in [6.07, 6.45) is 4.21. The lowest BCUT2D eigenvalue weighted by Gasteiger charge is -2.17. The third kappa shape index (κ3) is 2.77. The SMILES string of the molecule is CNC(c1cncc(F)c1)c1ncc(Cl)cc1Cl. The standard InChI is InChI=1S/C12H10Cl2FN3/c1-16-11(7-2-9(15)6-17-4-7)12-10(14)3-8(13)5-18-12/h2-6,11,16H,1H3. The van der Waals surface area contributed by atoms with Crippen molar-refractivity contribution in [3.8, 4) is 0 Å². The molecule has 1 atom stereocenters. The van der Waals surface area contributed by atoms with Crippen molar-refractivity contribution in [2.45, 2.75) is 6.04 Å². The summed E-state index contributed by atoms with van der Waals surface area (Å²) < 4.78 is 13.2. The van der Waals surface area contributed by atoms with Gasteiger partial charge in [-0.25, -0.2) is 4.39 Å². The average Bonchev–Trinajstić information content (AvgIpc) is 2.33. The minimum atomic E-state index is -0.405. The van der Waals surface area contributed by atoms with E-state index in [4.69, 9.17) is 23.2 Å². The average molecular weight is 286 g/mol. The second kappa shape index (κ2) is 5.61. The maximum absolute atomic E-state index is 13.2. The second-order valence-electron chi connectivity index (χ2n) is 3.68. The van der Waals surface area contributed by atoms with Crippen molar-refractivity contribution >= 4 is 23.2 Å². The number of hydrogen-bond donors (Lipinski definition) is 1. The first-order chi connectivity index (χ1) is 8.61. The van der Waals surface area contributed by atoms with Crippen LogP contribution in [0.15, 0.2) is 30.7 Å². The first-order valence-electron chi connectivity index (χ1n) is 5.20. The van der Waals surface area contributed by atoms with Crippen molar-refractivity contribution in [3.05, 3.63) is 57.8 Å². The Morgan fingerprint density at radius 1 is 1.22 bits per heavy atom. The zero-order valence-corrected chi connectivity index (χ0v) is 11.0. The number of aromatic nitrogens is 2. The highest BCUT2D eigenvalue weighted by Crippen LogP contribution is 2.27. The fraction of sp³-hybridized carbons (Fsp3) is 0.167. The largest absolute Gasteiger partial charge is 0.308 e. The molecule has 0 aliphatic heterocycles. The summed E-state index contributed by atoms with van der Waals surface area (Å²) in [7, 11) is 1.74. The number of rotatable bonds is 3. The lowest BCUT2D eigenvalue weighted by atomic mass is 10.1. The fourth-order valence-corrected chi connectivity index (χ4v) is 2.17. The van der Waals surface area contributed by atoms with E-state index in [-0.39, 0.29) is 6.04 Å². The molecule has 2 aromatic heterocycles. The van der Waals surface area contributed by atoms with Gasteiger partial charge in [0.2, 0.25) is 0 Å². The Bertz CT molecular complexity index is 563. The lowest BCUT2D eigenvalue weighted by molar-refractivity contribution is 0.606. The minimum absolute atomic E-state index is 0.335. The molecular weight excluding hydrogens is 276 g/mol. The molecule has 6 heteroatoms. The van der Waals surface area contributed by atoms with Gasteiger partial charge in [-0.05, 0) is 24.7 Å². The van der Waals surface area contributed by atoms with Crippen LogP contribution < -0.4 is 5.32 Å². The van der Waals surface area contributed by atoms with E-state index in [0.717, 1.165) is 6.20 Å². The van der Waals surface area contributed by atoms with Crippen LogP contribution in [0.2, 0.25) is 10.0 Å². The van der Waals surface area contributed by atoms with Crippen molar-refractivity contribution in [3.63, 3.8) is 0 Å². The summed E-state index contributed by atoms with van der Waals surface area (Å²) in [6.45, 7) is 0. The van der Waals surface area contributed by atoms with Crippen LogP contribution in [0.5, 0.6) is 0 Å². The van der Waals surface area contributed by atoms with Crippen LogP contribution in [0, 0.1) is 5.82 Å². The number of halogens is 3. The molecule has 18 heavy (non-hydrogen) atoms. The molecule has 3 nitrogen and oxygen atoms in total. The van der Waals surface area contributed by atoms with E-state index >= 15 is 0 Å². The molecule has 0 fully saturated rings. The van der Waals surface area contributed by atoms with Gasteiger partial charge < -0.3 is 5.32 Å². The highest BCUT2D eigenvalue weighted by atomic mass is 35.5. The molecule has 1 N–H and O–H groups in total. The predicted octanol–water partition coefficient (Wildman–Crippen LogP) is 3.23. The first-order valence-corrected chi connectivity index (χ1v) is 5.96. The van der Waals surface area contributed by atoms with Crippen LogP contribution in [0.3, 0.4) is 0 Å². The van der Waals surface area contributed by atoms with Crippen LogP contribution in [-0.4, -0.2) is 17.0 Å².